The van der Waals surface area contributed by atoms with Crippen LogP contribution in [0.5, 0.6) is 0 Å². The monoisotopic (exact) mass is 226 g/mol. The number of hydrogen-bond donors (Lipinski definition) is 1. The summed E-state index contributed by atoms with van der Waals surface area (Å²) in [5, 5.41) is 9.21. The van der Waals surface area contributed by atoms with E-state index in [0.717, 1.165) is 0 Å². The molecule has 0 aliphatic carbocycles. The molecule has 3 unspecified atom stereocenters. The van der Waals surface area contributed by atoms with Crippen LogP contribution in [-0.4, -0.2) is 58.1 Å². The Morgan fingerprint density at radius 3 is 2.19 bits per heavy atom. The van der Waals surface area contributed by atoms with Crippen molar-refractivity contribution in [3.8, 4) is 0 Å². The van der Waals surface area contributed by atoms with Gasteiger partial charge in [0.1, 0.15) is 0 Å². The Bertz CT molecular complexity index is 266. The fourth-order valence-electron chi connectivity index (χ4n) is 3.01. The van der Waals surface area contributed by atoms with E-state index >= 15 is 0 Å². The van der Waals surface area contributed by atoms with E-state index in [1.807, 2.05) is 6.92 Å². The minimum absolute atomic E-state index is 0.0417. The van der Waals surface area contributed by atoms with Gasteiger partial charge in [-0.3, -0.25) is 9.69 Å². The Morgan fingerprint density at radius 2 is 1.75 bits per heavy atom. The number of rotatable bonds is 2. The van der Waals surface area contributed by atoms with Gasteiger partial charge in [0.15, 0.2) is 0 Å². The van der Waals surface area contributed by atoms with Gasteiger partial charge in [0.2, 0.25) is 5.91 Å². The van der Waals surface area contributed by atoms with Gasteiger partial charge in [-0.15, -0.1) is 0 Å². The van der Waals surface area contributed by atoms with Gasteiger partial charge in [0, 0.05) is 25.2 Å². The molecule has 0 radical (unpaired) electrons. The molecule has 2 fully saturated rings. The number of carbonyl (C=O) groups is 1. The number of nitrogens with zero attached hydrogens (tertiary/aromatic N) is 2. The van der Waals surface area contributed by atoms with Gasteiger partial charge in [-0.05, 0) is 33.6 Å². The highest BCUT2D eigenvalue weighted by Crippen LogP contribution is 2.27. The molecule has 16 heavy (non-hydrogen) atoms. The molecule has 0 spiro atoms. The summed E-state index contributed by atoms with van der Waals surface area (Å²) in [5.74, 6) is 0.172. The zero-order valence-electron chi connectivity index (χ0n) is 10.4. The molecule has 2 saturated heterocycles. The lowest BCUT2D eigenvalue weighted by Crippen LogP contribution is -2.59. The van der Waals surface area contributed by atoms with Crippen LogP contribution >= 0.6 is 0 Å². The van der Waals surface area contributed by atoms with Crippen molar-refractivity contribution < 1.29 is 9.90 Å². The number of β-amino-alcohol motifs (C(OH)–C–C–N with tert-alkyl or cyclic N) is 1. The Hall–Kier alpha value is -0.610. The highest BCUT2D eigenvalue weighted by molar-refractivity contribution is 5.82. The normalized spacial score (nSPS) is 33.9. The Balaban J connectivity index is 1.96. The standard InChI is InChI=1S/C12H22N2O2/c1-8-4-5-9(2)14(8)10(3)12(16)13-6-11(15)7-13/h8-11,15H,4-7H2,1-3H3. The molecule has 0 saturated carbocycles. The lowest BCUT2D eigenvalue weighted by Gasteiger charge is -2.41. The number of aliphatic hydroxyl groups is 1. The maximum Gasteiger partial charge on any atom is 0.239 e. The number of aliphatic hydroxyl groups excluding tert-OH is 1. The molecule has 92 valence electrons. The third-order valence-corrected chi connectivity index (χ3v) is 4.00. The largest absolute Gasteiger partial charge is 0.389 e. The Labute approximate surface area is 97.2 Å². The summed E-state index contributed by atoms with van der Waals surface area (Å²) in [6.07, 6.45) is 2.06. The first-order chi connectivity index (χ1) is 7.50. The van der Waals surface area contributed by atoms with Crippen LogP contribution in [0.25, 0.3) is 0 Å². The number of amides is 1. The average molecular weight is 226 g/mol. The minimum Gasteiger partial charge on any atom is -0.389 e. The Morgan fingerprint density at radius 1 is 1.25 bits per heavy atom. The van der Waals surface area contributed by atoms with E-state index in [4.69, 9.17) is 0 Å². The summed E-state index contributed by atoms with van der Waals surface area (Å²) in [6.45, 7) is 7.40. The van der Waals surface area contributed by atoms with Crippen molar-refractivity contribution in [2.24, 2.45) is 0 Å². The Kier molecular flexibility index (Phi) is 3.22. The van der Waals surface area contributed by atoms with Crippen molar-refractivity contribution in [3.63, 3.8) is 0 Å². The van der Waals surface area contributed by atoms with Crippen molar-refractivity contribution in [2.75, 3.05) is 13.1 Å². The van der Waals surface area contributed by atoms with Crippen molar-refractivity contribution in [1.82, 2.24) is 9.80 Å². The molecule has 1 amide bonds. The van der Waals surface area contributed by atoms with E-state index in [9.17, 15) is 9.90 Å². The third-order valence-electron chi connectivity index (χ3n) is 4.00. The smallest absolute Gasteiger partial charge is 0.239 e. The predicted molar refractivity (Wildman–Crippen MR) is 62.0 cm³/mol. The van der Waals surface area contributed by atoms with E-state index in [1.54, 1.807) is 4.90 Å². The van der Waals surface area contributed by atoms with Gasteiger partial charge in [0.05, 0.1) is 12.1 Å². The lowest BCUT2D eigenvalue weighted by atomic mass is 10.1. The zero-order valence-corrected chi connectivity index (χ0v) is 10.4. The first-order valence-electron chi connectivity index (χ1n) is 6.25. The van der Waals surface area contributed by atoms with Crippen LogP contribution in [0.2, 0.25) is 0 Å². The van der Waals surface area contributed by atoms with E-state index in [1.165, 1.54) is 12.8 Å². The highest BCUT2D eigenvalue weighted by Gasteiger charge is 2.38. The molecule has 4 nitrogen and oxygen atoms in total. The van der Waals surface area contributed by atoms with E-state index in [-0.39, 0.29) is 18.1 Å². The molecule has 0 bridgehead atoms. The number of hydrogen-bond acceptors (Lipinski definition) is 3. The maximum absolute atomic E-state index is 12.1. The summed E-state index contributed by atoms with van der Waals surface area (Å²) in [5.41, 5.74) is 0. The molecular weight excluding hydrogens is 204 g/mol. The fraction of sp³-hybridized carbons (Fsp3) is 0.917. The number of likely N-dealkylation sites (tertiary alicyclic amines) is 2. The summed E-state index contributed by atoms with van der Waals surface area (Å²) in [6, 6.07) is 0.959. The average Bonchev–Trinajstić information content (AvgIpc) is 2.52. The van der Waals surface area contributed by atoms with Crippen molar-refractivity contribution in [3.05, 3.63) is 0 Å². The molecule has 4 heteroatoms. The number of carbonyl (C=O) groups excluding carboxylic acids is 1. The maximum atomic E-state index is 12.1. The molecule has 0 aromatic carbocycles. The summed E-state index contributed by atoms with van der Waals surface area (Å²) in [4.78, 5) is 16.2. The minimum atomic E-state index is -0.301. The van der Waals surface area contributed by atoms with Crippen LogP contribution in [0.1, 0.15) is 33.6 Å². The van der Waals surface area contributed by atoms with Gasteiger partial charge in [-0.2, -0.15) is 0 Å². The quantitative estimate of drug-likeness (QED) is 0.743. The zero-order chi connectivity index (χ0) is 11.9. The first kappa shape index (κ1) is 11.9. The van der Waals surface area contributed by atoms with Crippen LogP contribution in [0.15, 0.2) is 0 Å². The second-order valence-electron chi connectivity index (χ2n) is 5.30. The van der Waals surface area contributed by atoms with Gasteiger partial charge >= 0.3 is 0 Å². The third kappa shape index (κ3) is 1.96. The van der Waals surface area contributed by atoms with Gasteiger partial charge in [-0.1, -0.05) is 0 Å². The molecule has 1 N–H and O–H groups in total. The molecule has 2 heterocycles. The van der Waals surface area contributed by atoms with E-state index in [2.05, 4.69) is 18.7 Å². The lowest BCUT2D eigenvalue weighted by molar-refractivity contribution is -0.147. The van der Waals surface area contributed by atoms with E-state index < -0.39 is 0 Å². The van der Waals surface area contributed by atoms with E-state index in [0.29, 0.717) is 25.2 Å². The molecule has 3 atom stereocenters. The van der Waals surface area contributed by atoms with Crippen molar-refractivity contribution in [2.45, 2.75) is 57.8 Å². The molecule has 2 aliphatic rings. The van der Waals surface area contributed by atoms with Gasteiger partial charge < -0.3 is 10.0 Å². The van der Waals surface area contributed by atoms with Gasteiger partial charge in [0.25, 0.3) is 0 Å². The van der Waals surface area contributed by atoms with Crippen LogP contribution in [0, 0.1) is 0 Å². The molecule has 0 aromatic rings. The van der Waals surface area contributed by atoms with Crippen molar-refractivity contribution >= 4 is 5.91 Å². The fourth-order valence-corrected chi connectivity index (χ4v) is 3.01. The summed E-state index contributed by atoms with van der Waals surface area (Å²) in [7, 11) is 0. The van der Waals surface area contributed by atoms with Crippen LogP contribution in [-0.2, 0) is 4.79 Å². The predicted octanol–water partition coefficient (Wildman–Crippen LogP) is 0.451. The summed E-state index contributed by atoms with van der Waals surface area (Å²) < 4.78 is 0. The molecule has 2 rings (SSSR count). The van der Waals surface area contributed by atoms with Crippen molar-refractivity contribution in [1.29, 1.82) is 0 Å². The summed E-state index contributed by atoms with van der Waals surface area (Å²) >= 11 is 0. The highest BCUT2D eigenvalue weighted by atomic mass is 16.3. The molecular formula is C12H22N2O2. The SMILES string of the molecule is CC1CCC(C)N1C(C)C(=O)N1CC(O)C1. The van der Waals surface area contributed by atoms with Gasteiger partial charge in [-0.25, -0.2) is 0 Å². The van der Waals surface area contributed by atoms with Crippen LogP contribution < -0.4 is 0 Å². The van der Waals surface area contributed by atoms with Crippen LogP contribution in [0.3, 0.4) is 0 Å². The molecule has 2 aliphatic heterocycles. The first-order valence-corrected chi connectivity index (χ1v) is 6.25. The second kappa shape index (κ2) is 4.34. The van der Waals surface area contributed by atoms with Crippen LogP contribution in [0.4, 0.5) is 0 Å². The topological polar surface area (TPSA) is 43.8 Å². The second-order valence-corrected chi connectivity index (χ2v) is 5.30. The molecule has 0 aromatic heterocycles.